The van der Waals surface area contributed by atoms with E-state index in [-0.39, 0.29) is 0 Å². The topological polar surface area (TPSA) is 35.5 Å². The second-order valence-corrected chi connectivity index (χ2v) is 4.30. The minimum atomic E-state index is 0.331. The van der Waals surface area contributed by atoms with E-state index in [9.17, 15) is 0 Å². The Hall–Kier alpha value is -0.120. The Morgan fingerprint density at radius 1 is 1.23 bits per heavy atom. The molecule has 2 rings (SSSR count). The molecule has 2 aliphatic heterocycles. The van der Waals surface area contributed by atoms with E-state index in [1.165, 1.54) is 32.4 Å². The maximum atomic E-state index is 8.76. The zero-order valence-corrected chi connectivity index (χ0v) is 8.21. The Morgan fingerprint density at radius 2 is 2.08 bits per heavy atom. The summed E-state index contributed by atoms with van der Waals surface area (Å²) in [5.41, 5.74) is 0. The highest BCUT2D eigenvalue weighted by Crippen LogP contribution is 2.20. The number of rotatable bonds is 3. The quantitative estimate of drug-likeness (QED) is 0.657. The maximum absolute atomic E-state index is 8.76. The van der Waals surface area contributed by atoms with E-state index in [4.69, 9.17) is 5.11 Å². The van der Waals surface area contributed by atoms with E-state index < -0.39 is 0 Å². The first-order valence-corrected chi connectivity index (χ1v) is 5.48. The van der Waals surface area contributed by atoms with E-state index in [0.717, 1.165) is 25.0 Å². The van der Waals surface area contributed by atoms with Gasteiger partial charge in [-0.15, -0.1) is 0 Å². The first kappa shape index (κ1) is 9.44. The summed E-state index contributed by atoms with van der Waals surface area (Å²) in [7, 11) is 0. The van der Waals surface area contributed by atoms with Crippen LogP contribution in [-0.4, -0.2) is 48.3 Å². The second-order valence-electron chi connectivity index (χ2n) is 4.30. The molecule has 2 saturated heterocycles. The summed E-state index contributed by atoms with van der Waals surface area (Å²) < 4.78 is 0. The van der Waals surface area contributed by atoms with Crippen molar-refractivity contribution in [3.63, 3.8) is 0 Å². The van der Waals surface area contributed by atoms with Crippen LogP contribution < -0.4 is 5.32 Å². The summed E-state index contributed by atoms with van der Waals surface area (Å²) in [5.74, 6) is 0. The summed E-state index contributed by atoms with van der Waals surface area (Å²) in [5, 5.41) is 12.4. The van der Waals surface area contributed by atoms with Crippen molar-refractivity contribution < 1.29 is 5.11 Å². The van der Waals surface area contributed by atoms with Crippen LogP contribution in [0.1, 0.15) is 25.7 Å². The number of aliphatic hydroxyl groups is 1. The van der Waals surface area contributed by atoms with Gasteiger partial charge < -0.3 is 15.3 Å². The lowest BCUT2D eigenvalue weighted by atomic mass is 10.1. The summed E-state index contributed by atoms with van der Waals surface area (Å²) >= 11 is 0. The summed E-state index contributed by atoms with van der Waals surface area (Å²) in [4.78, 5) is 2.49. The second kappa shape index (κ2) is 4.40. The van der Waals surface area contributed by atoms with Gasteiger partial charge in [0.25, 0.3) is 0 Å². The smallest absolute Gasteiger partial charge is 0.0443 e. The molecule has 2 N–H and O–H groups in total. The van der Waals surface area contributed by atoms with Crippen molar-refractivity contribution >= 4 is 0 Å². The fraction of sp³-hybridized carbons (Fsp3) is 1.00. The van der Waals surface area contributed by atoms with Crippen LogP contribution in [0.5, 0.6) is 0 Å². The Morgan fingerprint density at radius 3 is 2.92 bits per heavy atom. The van der Waals surface area contributed by atoms with Gasteiger partial charge in [-0.3, -0.25) is 0 Å². The Kier molecular flexibility index (Phi) is 3.19. The summed E-state index contributed by atoms with van der Waals surface area (Å²) in [6.45, 7) is 3.81. The van der Waals surface area contributed by atoms with Gasteiger partial charge in [-0.25, -0.2) is 0 Å². The number of hydrogen-bond donors (Lipinski definition) is 2. The van der Waals surface area contributed by atoms with Crippen molar-refractivity contribution in [3.05, 3.63) is 0 Å². The van der Waals surface area contributed by atoms with Gasteiger partial charge in [-0.05, 0) is 32.2 Å². The first-order chi connectivity index (χ1) is 6.38. The van der Waals surface area contributed by atoms with Gasteiger partial charge in [0.05, 0.1) is 0 Å². The van der Waals surface area contributed by atoms with Crippen molar-refractivity contribution in [1.29, 1.82) is 0 Å². The molecule has 13 heavy (non-hydrogen) atoms. The molecule has 3 heteroatoms. The van der Waals surface area contributed by atoms with Crippen LogP contribution in [0.25, 0.3) is 0 Å². The van der Waals surface area contributed by atoms with Gasteiger partial charge in [0.15, 0.2) is 0 Å². The molecule has 0 radical (unpaired) electrons. The minimum absolute atomic E-state index is 0.331. The number of fused-ring (bicyclic) bond motifs is 2. The summed E-state index contributed by atoms with van der Waals surface area (Å²) in [6.07, 6.45) is 4.94. The van der Waals surface area contributed by atoms with Crippen LogP contribution in [0.15, 0.2) is 0 Å². The number of aliphatic hydroxyl groups excluding tert-OH is 1. The maximum Gasteiger partial charge on any atom is 0.0443 e. The molecule has 0 aromatic carbocycles. The average Bonchev–Trinajstić information content (AvgIpc) is 2.45. The number of nitrogens with zero attached hydrogens (tertiary/aromatic N) is 1. The van der Waals surface area contributed by atoms with E-state index in [1.54, 1.807) is 0 Å². The van der Waals surface area contributed by atoms with Gasteiger partial charge in [0.2, 0.25) is 0 Å². The van der Waals surface area contributed by atoms with Crippen molar-refractivity contribution in [2.75, 3.05) is 26.2 Å². The average molecular weight is 184 g/mol. The molecule has 2 bridgehead atoms. The molecule has 0 saturated carbocycles. The highest BCUT2D eigenvalue weighted by molar-refractivity contribution is 4.89. The molecule has 2 unspecified atom stereocenters. The monoisotopic (exact) mass is 184 g/mol. The van der Waals surface area contributed by atoms with Crippen molar-refractivity contribution in [3.8, 4) is 0 Å². The van der Waals surface area contributed by atoms with Gasteiger partial charge >= 0.3 is 0 Å². The van der Waals surface area contributed by atoms with Crippen LogP contribution in [0.3, 0.4) is 0 Å². The Labute approximate surface area is 80.1 Å². The standard InChI is InChI=1S/C10H20N2O/c13-7-1-5-12-6-4-9-2-3-10(8-12)11-9/h9-11,13H,1-8H2. The van der Waals surface area contributed by atoms with Gasteiger partial charge in [0, 0.05) is 31.8 Å². The predicted octanol–water partition coefficient (Wildman–Crippen LogP) is 0.195. The van der Waals surface area contributed by atoms with Crippen LogP contribution in [-0.2, 0) is 0 Å². The summed E-state index contributed by atoms with van der Waals surface area (Å²) in [6, 6.07) is 1.51. The van der Waals surface area contributed by atoms with Crippen LogP contribution >= 0.6 is 0 Å². The largest absolute Gasteiger partial charge is 0.396 e. The molecule has 2 atom stereocenters. The number of likely N-dealkylation sites (tertiary alicyclic amines) is 1. The highest BCUT2D eigenvalue weighted by Gasteiger charge is 2.28. The zero-order chi connectivity index (χ0) is 9.10. The fourth-order valence-corrected chi connectivity index (χ4v) is 2.51. The SMILES string of the molecule is OCCCN1CCC2CCC(C1)N2. The normalized spacial score (nSPS) is 34.8. The molecule has 0 aliphatic carbocycles. The molecule has 0 aromatic rings. The minimum Gasteiger partial charge on any atom is -0.396 e. The molecular weight excluding hydrogens is 164 g/mol. The number of hydrogen-bond acceptors (Lipinski definition) is 3. The fourth-order valence-electron chi connectivity index (χ4n) is 2.51. The van der Waals surface area contributed by atoms with Crippen molar-refractivity contribution in [2.24, 2.45) is 0 Å². The molecule has 3 nitrogen and oxygen atoms in total. The lowest BCUT2D eigenvalue weighted by Crippen LogP contribution is -2.36. The van der Waals surface area contributed by atoms with Crippen LogP contribution in [0, 0.1) is 0 Å². The van der Waals surface area contributed by atoms with Gasteiger partial charge in [0.1, 0.15) is 0 Å². The third-order valence-corrected chi connectivity index (χ3v) is 3.24. The van der Waals surface area contributed by atoms with E-state index >= 15 is 0 Å². The molecule has 0 amide bonds. The molecule has 2 fully saturated rings. The third-order valence-electron chi connectivity index (χ3n) is 3.24. The third kappa shape index (κ3) is 2.42. The van der Waals surface area contributed by atoms with E-state index in [2.05, 4.69) is 10.2 Å². The molecule has 2 heterocycles. The van der Waals surface area contributed by atoms with Gasteiger partial charge in [-0.2, -0.15) is 0 Å². The zero-order valence-electron chi connectivity index (χ0n) is 8.21. The number of nitrogens with one attached hydrogen (secondary N) is 1. The first-order valence-electron chi connectivity index (χ1n) is 5.48. The molecule has 2 aliphatic rings. The van der Waals surface area contributed by atoms with E-state index in [1.807, 2.05) is 0 Å². The predicted molar refractivity (Wildman–Crippen MR) is 52.7 cm³/mol. The Bertz CT molecular complexity index is 163. The van der Waals surface area contributed by atoms with Crippen molar-refractivity contribution in [1.82, 2.24) is 10.2 Å². The molecular formula is C10H20N2O. The van der Waals surface area contributed by atoms with Crippen LogP contribution in [0.4, 0.5) is 0 Å². The van der Waals surface area contributed by atoms with Gasteiger partial charge in [-0.1, -0.05) is 0 Å². The lowest BCUT2D eigenvalue weighted by Gasteiger charge is -2.23. The molecule has 76 valence electrons. The highest BCUT2D eigenvalue weighted by atomic mass is 16.3. The molecule has 0 spiro atoms. The lowest BCUT2D eigenvalue weighted by molar-refractivity contribution is 0.216. The van der Waals surface area contributed by atoms with Crippen LogP contribution in [0.2, 0.25) is 0 Å². The molecule has 0 aromatic heterocycles. The Balaban J connectivity index is 1.79. The van der Waals surface area contributed by atoms with E-state index in [0.29, 0.717) is 6.61 Å². The van der Waals surface area contributed by atoms with Crippen molar-refractivity contribution in [2.45, 2.75) is 37.8 Å².